The number of amides is 1. The number of hydrogen-bond donors (Lipinski definition) is 2. The second-order valence-corrected chi connectivity index (χ2v) is 5.26. The van der Waals surface area contributed by atoms with Gasteiger partial charge in [0.1, 0.15) is 5.82 Å². The van der Waals surface area contributed by atoms with E-state index in [1.54, 1.807) is 6.20 Å². The molecule has 1 atom stereocenters. The minimum atomic E-state index is 0.0448. The number of rotatable bonds is 5. The van der Waals surface area contributed by atoms with Crippen LogP contribution < -0.4 is 10.6 Å². The van der Waals surface area contributed by atoms with Crippen molar-refractivity contribution in [2.24, 2.45) is 5.92 Å². The number of aromatic nitrogens is 1. The van der Waals surface area contributed by atoms with Crippen LogP contribution in [-0.2, 0) is 9.53 Å². The third kappa shape index (κ3) is 4.20. The van der Waals surface area contributed by atoms with E-state index < -0.39 is 0 Å². The second-order valence-electron chi connectivity index (χ2n) is 5.26. The van der Waals surface area contributed by atoms with Gasteiger partial charge in [-0.05, 0) is 38.3 Å². The fourth-order valence-electron chi connectivity index (χ4n) is 2.13. The zero-order chi connectivity index (χ0) is 14.4. The SMILES string of the molecule is CCC(C)Nc1ccc(NC(=O)C2CCOCC2)nc1. The molecule has 5 nitrogen and oxygen atoms in total. The molecule has 0 bridgehead atoms. The Balaban J connectivity index is 1.88. The van der Waals surface area contributed by atoms with Crippen molar-refractivity contribution in [2.75, 3.05) is 23.8 Å². The highest BCUT2D eigenvalue weighted by molar-refractivity contribution is 5.91. The van der Waals surface area contributed by atoms with Crippen LogP contribution in [-0.4, -0.2) is 30.1 Å². The number of nitrogens with zero attached hydrogens (tertiary/aromatic N) is 1. The zero-order valence-corrected chi connectivity index (χ0v) is 12.2. The van der Waals surface area contributed by atoms with Gasteiger partial charge in [-0.3, -0.25) is 4.79 Å². The van der Waals surface area contributed by atoms with E-state index in [0.717, 1.165) is 24.9 Å². The first kappa shape index (κ1) is 14.8. The first-order valence-electron chi connectivity index (χ1n) is 7.30. The highest BCUT2D eigenvalue weighted by Crippen LogP contribution is 2.17. The largest absolute Gasteiger partial charge is 0.381 e. The third-order valence-corrected chi connectivity index (χ3v) is 3.63. The van der Waals surface area contributed by atoms with E-state index >= 15 is 0 Å². The summed E-state index contributed by atoms with van der Waals surface area (Å²) in [4.78, 5) is 16.3. The van der Waals surface area contributed by atoms with Gasteiger partial charge in [-0.1, -0.05) is 6.92 Å². The average Bonchev–Trinajstić information content (AvgIpc) is 2.50. The number of carbonyl (C=O) groups excluding carboxylic acids is 1. The van der Waals surface area contributed by atoms with Crippen molar-refractivity contribution in [3.8, 4) is 0 Å². The molecule has 2 rings (SSSR count). The van der Waals surface area contributed by atoms with Crippen molar-refractivity contribution in [3.05, 3.63) is 18.3 Å². The van der Waals surface area contributed by atoms with E-state index in [9.17, 15) is 4.79 Å². The van der Waals surface area contributed by atoms with Crippen LogP contribution in [0.2, 0.25) is 0 Å². The molecule has 1 unspecified atom stereocenters. The molecule has 1 fully saturated rings. The van der Waals surface area contributed by atoms with Gasteiger partial charge < -0.3 is 15.4 Å². The number of anilines is 2. The predicted octanol–water partition coefficient (Wildman–Crippen LogP) is 2.66. The number of pyridine rings is 1. The molecule has 1 saturated heterocycles. The first-order chi connectivity index (χ1) is 9.69. The van der Waals surface area contributed by atoms with Crippen molar-refractivity contribution in [2.45, 2.75) is 39.2 Å². The average molecular weight is 277 g/mol. The van der Waals surface area contributed by atoms with Crippen LogP contribution in [0.5, 0.6) is 0 Å². The Bertz CT molecular complexity index is 427. The molecule has 2 N–H and O–H groups in total. The van der Waals surface area contributed by atoms with Gasteiger partial charge in [-0.15, -0.1) is 0 Å². The molecule has 1 aromatic rings. The maximum absolute atomic E-state index is 12.1. The van der Waals surface area contributed by atoms with E-state index in [0.29, 0.717) is 25.1 Å². The third-order valence-electron chi connectivity index (χ3n) is 3.63. The van der Waals surface area contributed by atoms with Gasteiger partial charge in [-0.2, -0.15) is 0 Å². The monoisotopic (exact) mass is 277 g/mol. The Morgan fingerprint density at radius 1 is 1.45 bits per heavy atom. The summed E-state index contributed by atoms with van der Waals surface area (Å²) in [6, 6.07) is 4.19. The summed E-state index contributed by atoms with van der Waals surface area (Å²) in [5.74, 6) is 0.697. The van der Waals surface area contributed by atoms with Gasteiger partial charge in [0.05, 0.1) is 11.9 Å². The lowest BCUT2D eigenvalue weighted by molar-refractivity contribution is -0.122. The van der Waals surface area contributed by atoms with Crippen LogP contribution in [0.15, 0.2) is 18.3 Å². The lowest BCUT2D eigenvalue weighted by atomic mass is 9.99. The summed E-state index contributed by atoms with van der Waals surface area (Å²) in [6.07, 6.45) is 4.40. The predicted molar refractivity (Wildman–Crippen MR) is 79.8 cm³/mol. The fraction of sp³-hybridized carbons (Fsp3) is 0.600. The molecule has 1 aromatic heterocycles. The number of carbonyl (C=O) groups is 1. The van der Waals surface area contributed by atoms with Crippen molar-refractivity contribution < 1.29 is 9.53 Å². The molecular formula is C15H23N3O2. The topological polar surface area (TPSA) is 63.2 Å². The Kier molecular flexibility index (Phi) is 5.35. The molecular weight excluding hydrogens is 254 g/mol. The summed E-state index contributed by atoms with van der Waals surface area (Å²) in [7, 11) is 0. The summed E-state index contributed by atoms with van der Waals surface area (Å²) >= 11 is 0. The zero-order valence-electron chi connectivity index (χ0n) is 12.2. The van der Waals surface area contributed by atoms with Gasteiger partial charge in [0.25, 0.3) is 0 Å². The van der Waals surface area contributed by atoms with Crippen molar-refractivity contribution in [3.63, 3.8) is 0 Å². The van der Waals surface area contributed by atoms with Crippen molar-refractivity contribution >= 4 is 17.4 Å². The van der Waals surface area contributed by atoms with Crippen LogP contribution in [0.25, 0.3) is 0 Å². The summed E-state index contributed by atoms with van der Waals surface area (Å²) in [6.45, 7) is 5.60. The molecule has 1 aliphatic rings. The lowest BCUT2D eigenvalue weighted by Gasteiger charge is -2.21. The van der Waals surface area contributed by atoms with Gasteiger partial charge in [-0.25, -0.2) is 4.98 Å². The van der Waals surface area contributed by atoms with Gasteiger partial charge >= 0.3 is 0 Å². The van der Waals surface area contributed by atoms with Gasteiger partial charge in [0, 0.05) is 25.2 Å². The van der Waals surface area contributed by atoms with E-state index in [1.165, 1.54) is 0 Å². The quantitative estimate of drug-likeness (QED) is 0.868. The van der Waals surface area contributed by atoms with E-state index in [2.05, 4.69) is 29.5 Å². The summed E-state index contributed by atoms with van der Waals surface area (Å²) in [5.41, 5.74) is 0.975. The van der Waals surface area contributed by atoms with E-state index in [4.69, 9.17) is 4.74 Å². The highest BCUT2D eigenvalue weighted by atomic mass is 16.5. The Morgan fingerprint density at radius 3 is 2.80 bits per heavy atom. The Hall–Kier alpha value is -1.62. The van der Waals surface area contributed by atoms with Crippen LogP contribution >= 0.6 is 0 Å². The normalized spacial score (nSPS) is 17.5. The molecule has 0 aliphatic carbocycles. The van der Waals surface area contributed by atoms with Gasteiger partial charge in [0.2, 0.25) is 5.91 Å². The maximum Gasteiger partial charge on any atom is 0.228 e. The highest BCUT2D eigenvalue weighted by Gasteiger charge is 2.21. The van der Waals surface area contributed by atoms with Crippen molar-refractivity contribution in [1.29, 1.82) is 0 Å². The molecule has 110 valence electrons. The molecule has 20 heavy (non-hydrogen) atoms. The maximum atomic E-state index is 12.1. The Morgan fingerprint density at radius 2 is 2.20 bits per heavy atom. The Labute approximate surface area is 120 Å². The smallest absolute Gasteiger partial charge is 0.228 e. The molecule has 2 heterocycles. The fourth-order valence-corrected chi connectivity index (χ4v) is 2.13. The minimum Gasteiger partial charge on any atom is -0.381 e. The lowest BCUT2D eigenvalue weighted by Crippen LogP contribution is -2.28. The van der Waals surface area contributed by atoms with E-state index in [1.807, 2.05) is 12.1 Å². The van der Waals surface area contributed by atoms with Crippen LogP contribution in [0.4, 0.5) is 11.5 Å². The molecule has 0 saturated carbocycles. The van der Waals surface area contributed by atoms with Crippen molar-refractivity contribution in [1.82, 2.24) is 4.98 Å². The molecule has 5 heteroatoms. The number of hydrogen-bond acceptors (Lipinski definition) is 4. The van der Waals surface area contributed by atoms with Gasteiger partial charge in [0.15, 0.2) is 0 Å². The second kappa shape index (κ2) is 7.24. The molecule has 0 aromatic carbocycles. The molecule has 1 aliphatic heterocycles. The minimum absolute atomic E-state index is 0.0448. The standard InChI is InChI=1S/C15H23N3O2/c1-3-11(2)17-13-4-5-14(16-10-13)18-15(19)12-6-8-20-9-7-12/h4-5,10-12,17H,3,6-9H2,1-2H3,(H,16,18,19). The number of ether oxygens (including phenoxy) is 1. The number of nitrogens with one attached hydrogen (secondary N) is 2. The van der Waals surface area contributed by atoms with E-state index in [-0.39, 0.29) is 11.8 Å². The summed E-state index contributed by atoms with van der Waals surface area (Å²) < 4.78 is 5.26. The molecule has 0 radical (unpaired) electrons. The molecule has 0 spiro atoms. The van der Waals surface area contributed by atoms with Crippen LogP contribution in [0.3, 0.4) is 0 Å². The molecule has 1 amide bonds. The summed E-state index contributed by atoms with van der Waals surface area (Å²) in [5, 5.41) is 6.22. The van der Waals surface area contributed by atoms with Crippen LogP contribution in [0, 0.1) is 5.92 Å². The first-order valence-corrected chi connectivity index (χ1v) is 7.30. The van der Waals surface area contributed by atoms with Crippen LogP contribution in [0.1, 0.15) is 33.1 Å².